The van der Waals surface area contributed by atoms with Gasteiger partial charge in [-0.15, -0.1) is 0 Å². The van der Waals surface area contributed by atoms with Crippen molar-refractivity contribution in [2.75, 3.05) is 25.5 Å². The van der Waals surface area contributed by atoms with E-state index in [0.717, 1.165) is 36.3 Å². The summed E-state index contributed by atoms with van der Waals surface area (Å²) in [4.78, 5) is 37.7. The summed E-state index contributed by atoms with van der Waals surface area (Å²) in [6, 6.07) is 19.8. The van der Waals surface area contributed by atoms with Crippen LogP contribution in [0.15, 0.2) is 60.7 Å². The summed E-state index contributed by atoms with van der Waals surface area (Å²) in [7, 11) is 1.66. The van der Waals surface area contributed by atoms with Gasteiger partial charge in [0.05, 0.1) is 19.1 Å². The standard InChI is InChI=1S/C41H54N2O6/c1-39(2,3)38(46)48-33-17-16-29-22-31(15-14-30(29)23-33)34-19-18-32(47-9)24-35(34)42-21-20-36(44)28-12-10-27(11-13-28)25-41(7,8)43-26-37(45)49-40(4,5)6/h10-13,16-19,23-24,31,42-43H,14-15,20-22,25-26H2,1-9H3. The molecule has 4 rings (SSSR count). The first-order chi connectivity index (χ1) is 22.9. The van der Waals surface area contributed by atoms with Crippen LogP contribution in [0.3, 0.4) is 0 Å². The first kappa shape index (κ1) is 37.6. The Morgan fingerprint density at radius 3 is 2.18 bits per heavy atom. The van der Waals surface area contributed by atoms with Crippen LogP contribution in [0.5, 0.6) is 11.5 Å². The Morgan fingerprint density at radius 1 is 0.837 bits per heavy atom. The van der Waals surface area contributed by atoms with Crippen LogP contribution >= 0.6 is 0 Å². The molecule has 0 saturated heterocycles. The third-order valence-electron chi connectivity index (χ3n) is 8.65. The van der Waals surface area contributed by atoms with Crippen LogP contribution < -0.4 is 20.1 Å². The number of carbonyl (C=O) groups is 3. The molecule has 3 aromatic rings. The lowest BCUT2D eigenvalue weighted by atomic mass is 9.79. The van der Waals surface area contributed by atoms with E-state index in [4.69, 9.17) is 14.2 Å². The number of hydrogen-bond donors (Lipinski definition) is 2. The Labute approximate surface area is 292 Å². The van der Waals surface area contributed by atoms with Gasteiger partial charge in [0.1, 0.15) is 17.1 Å². The van der Waals surface area contributed by atoms with Crippen LogP contribution in [0.25, 0.3) is 0 Å². The third kappa shape index (κ3) is 11.2. The summed E-state index contributed by atoms with van der Waals surface area (Å²) >= 11 is 0. The zero-order chi connectivity index (χ0) is 36.0. The molecule has 264 valence electrons. The zero-order valence-electron chi connectivity index (χ0n) is 30.8. The SMILES string of the molecule is COc1ccc(C2CCc3cc(OC(=O)C(C)(C)C)ccc3C2)c(NCCC(=O)c2ccc(CC(C)(C)NCC(=O)OC(C)(C)C)cc2)c1. The van der Waals surface area contributed by atoms with Crippen molar-refractivity contribution in [3.05, 3.63) is 88.5 Å². The van der Waals surface area contributed by atoms with Crippen LogP contribution in [0.2, 0.25) is 0 Å². The number of anilines is 1. The van der Waals surface area contributed by atoms with E-state index in [1.54, 1.807) is 7.11 Å². The minimum atomic E-state index is -0.560. The van der Waals surface area contributed by atoms with Crippen molar-refractivity contribution in [2.24, 2.45) is 5.41 Å². The molecular formula is C41H54N2O6. The van der Waals surface area contributed by atoms with E-state index in [2.05, 4.69) is 22.8 Å². The molecule has 0 heterocycles. The van der Waals surface area contributed by atoms with Gasteiger partial charge in [-0.25, -0.2) is 0 Å². The van der Waals surface area contributed by atoms with E-state index in [1.807, 2.05) is 104 Å². The van der Waals surface area contributed by atoms with Crippen LogP contribution in [-0.2, 0) is 33.6 Å². The van der Waals surface area contributed by atoms with Crippen molar-refractivity contribution < 1.29 is 28.6 Å². The zero-order valence-corrected chi connectivity index (χ0v) is 30.8. The Kier molecular flexibility index (Phi) is 12.0. The van der Waals surface area contributed by atoms with Crippen LogP contribution in [-0.4, -0.2) is 49.1 Å². The molecule has 1 atom stereocenters. The lowest BCUT2D eigenvalue weighted by molar-refractivity contribution is -0.154. The second kappa shape index (κ2) is 15.6. The topological polar surface area (TPSA) is 103 Å². The molecule has 1 aliphatic carbocycles. The summed E-state index contributed by atoms with van der Waals surface area (Å²) in [6.07, 6.45) is 3.77. The summed E-state index contributed by atoms with van der Waals surface area (Å²) in [5.41, 5.74) is 5.01. The number of benzene rings is 3. The van der Waals surface area contributed by atoms with Crippen molar-refractivity contribution in [2.45, 2.75) is 105 Å². The molecule has 8 nitrogen and oxygen atoms in total. The van der Waals surface area contributed by atoms with Gasteiger partial charge in [0.25, 0.3) is 0 Å². The maximum atomic E-state index is 13.2. The lowest BCUT2D eigenvalue weighted by Crippen LogP contribution is -2.45. The van der Waals surface area contributed by atoms with E-state index in [-0.39, 0.29) is 29.8 Å². The van der Waals surface area contributed by atoms with E-state index in [9.17, 15) is 14.4 Å². The van der Waals surface area contributed by atoms with Crippen molar-refractivity contribution in [3.63, 3.8) is 0 Å². The number of aryl methyl sites for hydroxylation is 1. The minimum Gasteiger partial charge on any atom is -0.497 e. The number of carbonyl (C=O) groups excluding carboxylic acids is 3. The molecule has 0 amide bonds. The molecule has 0 saturated carbocycles. The van der Waals surface area contributed by atoms with Gasteiger partial charge in [-0.2, -0.15) is 0 Å². The Balaban J connectivity index is 1.34. The minimum absolute atomic E-state index is 0.0698. The first-order valence-electron chi connectivity index (χ1n) is 17.3. The molecule has 0 spiro atoms. The average Bonchev–Trinajstić information content (AvgIpc) is 3.02. The smallest absolute Gasteiger partial charge is 0.320 e. The van der Waals surface area contributed by atoms with Crippen molar-refractivity contribution in [1.82, 2.24) is 5.32 Å². The fourth-order valence-corrected chi connectivity index (χ4v) is 6.02. The van der Waals surface area contributed by atoms with Gasteiger partial charge in [0.2, 0.25) is 0 Å². The van der Waals surface area contributed by atoms with Crippen molar-refractivity contribution >= 4 is 23.4 Å². The molecule has 0 aromatic heterocycles. The number of Topliss-reactive ketones (excluding diaryl/α,β-unsaturated/α-hetero) is 1. The highest BCUT2D eigenvalue weighted by molar-refractivity contribution is 5.96. The molecule has 1 unspecified atom stereocenters. The normalized spacial score (nSPS) is 14.8. The van der Waals surface area contributed by atoms with E-state index >= 15 is 0 Å². The summed E-state index contributed by atoms with van der Waals surface area (Å²) in [6.45, 7) is 15.8. The van der Waals surface area contributed by atoms with Crippen LogP contribution in [0, 0.1) is 5.41 Å². The van der Waals surface area contributed by atoms with Gasteiger partial charge in [-0.05, 0) is 127 Å². The molecule has 49 heavy (non-hydrogen) atoms. The summed E-state index contributed by atoms with van der Waals surface area (Å²) < 4.78 is 16.6. The van der Waals surface area contributed by atoms with Gasteiger partial charge in [0, 0.05) is 35.8 Å². The number of hydrogen-bond acceptors (Lipinski definition) is 8. The first-order valence-corrected chi connectivity index (χ1v) is 17.3. The molecule has 0 aliphatic heterocycles. The molecular weight excluding hydrogens is 616 g/mol. The number of ketones is 1. The highest BCUT2D eigenvalue weighted by Crippen LogP contribution is 2.39. The second-order valence-electron chi connectivity index (χ2n) is 15.8. The largest absolute Gasteiger partial charge is 0.497 e. The monoisotopic (exact) mass is 670 g/mol. The fourth-order valence-electron chi connectivity index (χ4n) is 6.02. The van der Waals surface area contributed by atoms with E-state index in [0.29, 0.717) is 36.6 Å². The predicted molar refractivity (Wildman–Crippen MR) is 195 cm³/mol. The number of nitrogens with one attached hydrogen (secondary N) is 2. The van der Waals surface area contributed by atoms with E-state index < -0.39 is 11.0 Å². The molecule has 2 N–H and O–H groups in total. The van der Waals surface area contributed by atoms with Crippen molar-refractivity contribution in [3.8, 4) is 11.5 Å². The number of rotatable bonds is 13. The van der Waals surface area contributed by atoms with Gasteiger partial charge in [-0.1, -0.05) is 36.4 Å². The molecule has 0 fully saturated rings. The maximum Gasteiger partial charge on any atom is 0.320 e. The molecule has 0 radical (unpaired) electrons. The Morgan fingerprint density at radius 2 is 1.53 bits per heavy atom. The number of methoxy groups -OCH3 is 1. The molecule has 1 aliphatic rings. The highest BCUT2D eigenvalue weighted by atomic mass is 16.6. The van der Waals surface area contributed by atoms with Crippen LogP contribution in [0.4, 0.5) is 5.69 Å². The Bertz CT molecular complexity index is 1630. The lowest BCUT2D eigenvalue weighted by Gasteiger charge is -2.28. The number of fused-ring (bicyclic) bond motifs is 1. The molecule has 3 aromatic carbocycles. The second-order valence-corrected chi connectivity index (χ2v) is 15.8. The average molecular weight is 671 g/mol. The number of ether oxygens (including phenoxy) is 3. The third-order valence-corrected chi connectivity index (χ3v) is 8.65. The van der Waals surface area contributed by atoms with Gasteiger partial charge in [-0.3, -0.25) is 14.4 Å². The summed E-state index contributed by atoms with van der Waals surface area (Å²) in [5.74, 6) is 1.21. The maximum absolute atomic E-state index is 13.2. The number of esters is 2. The van der Waals surface area contributed by atoms with Crippen molar-refractivity contribution in [1.29, 1.82) is 0 Å². The predicted octanol–water partition coefficient (Wildman–Crippen LogP) is 7.86. The van der Waals surface area contributed by atoms with Gasteiger partial charge in [0.15, 0.2) is 5.78 Å². The summed E-state index contributed by atoms with van der Waals surface area (Å²) in [5, 5.41) is 6.82. The molecule has 8 heteroatoms. The van der Waals surface area contributed by atoms with E-state index in [1.165, 1.54) is 16.7 Å². The fraction of sp³-hybridized carbons (Fsp3) is 0.488. The Hall–Kier alpha value is -4.17. The highest BCUT2D eigenvalue weighted by Gasteiger charge is 2.27. The van der Waals surface area contributed by atoms with Gasteiger partial charge < -0.3 is 24.8 Å². The van der Waals surface area contributed by atoms with Gasteiger partial charge >= 0.3 is 11.9 Å². The van der Waals surface area contributed by atoms with Crippen LogP contribution in [0.1, 0.15) is 107 Å². The molecule has 0 bridgehead atoms. The quantitative estimate of drug-likeness (QED) is 0.108.